The summed E-state index contributed by atoms with van der Waals surface area (Å²) in [6.45, 7) is 2.41. The largest absolute Gasteiger partial charge is 0.488 e. The number of piperidine rings is 1. The van der Waals surface area contributed by atoms with Crippen LogP contribution >= 0.6 is 0 Å². The minimum atomic E-state index is -5.01. The Morgan fingerprint density at radius 3 is 2.54 bits per heavy atom. The second kappa shape index (κ2) is 7.48. The van der Waals surface area contributed by atoms with Gasteiger partial charge in [0.15, 0.2) is 5.58 Å². The molecule has 0 aliphatic carbocycles. The summed E-state index contributed by atoms with van der Waals surface area (Å²) in [4.78, 5) is 2.28. The van der Waals surface area contributed by atoms with Gasteiger partial charge in [0.2, 0.25) is 0 Å². The van der Waals surface area contributed by atoms with Crippen molar-refractivity contribution >= 4 is 21.5 Å². The molecule has 0 amide bonds. The highest BCUT2D eigenvalue weighted by Crippen LogP contribution is 2.33. The average molecular weight is 408 g/mol. The van der Waals surface area contributed by atoms with E-state index < -0.39 is 10.5 Å². The molecule has 1 aliphatic heterocycles. The predicted molar refractivity (Wildman–Crippen MR) is 98.3 cm³/mol. The monoisotopic (exact) mass is 408 g/mol. The van der Waals surface area contributed by atoms with Gasteiger partial charge in [-0.05, 0) is 55.8 Å². The van der Waals surface area contributed by atoms with Gasteiger partial charge in [0.05, 0.1) is 5.69 Å². The quantitative estimate of drug-likeness (QED) is 0.596. The average Bonchev–Trinajstić information content (AvgIpc) is 3.06. The highest BCUT2D eigenvalue weighted by atomic mass is 32.3. The number of halogens is 2. The maximum Gasteiger partial charge on any atom is 0.488 e. The van der Waals surface area contributed by atoms with Crippen LogP contribution in [0.1, 0.15) is 30.0 Å². The van der Waals surface area contributed by atoms with E-state index in [-0.39, 0.29) is 17.5 Å². The Balaban J connectivity index is 1.36. The first-order chi connectivity index (χ1) is 13.4. The van der Waals surface area contributed by atoms with Gasteiger partial charge in [0, 0.05) is 23.9 Å². The van der Waals surface area contributed by atoms with Crippen molar-refractivity contribution in [3.63, 3.8) is 0 Å². The van der Waals surface area contributed by atoms with Gasteiger partial charge in [-0.2, -0.15) is 8.42 Å². The van der Waals surface area contributed by atoms with Crippen LogP contribution in [0.25, 0.3) is 11.0 Å². The number of rotatable bonds is 5. The molecule has 4 rings (SSSR count). The second-order valence-electron chi connectivity index (χ2n) is 6.88. The minimum Gasteiger partial charge on any atom is -0.358 e. The fourth-order valence-corrected chi connectivity index (χ4v) is 3.95. The van der Waals surface area contributed by atoms with Crippen molar-refractivity contribution in [2.75, 3.05) is 13.1 Å². The van der Waals surface area contributed by atoms with Crippen molar-refractivity contribution < 1.29 is 25.4 Å². The molecule has 0 atom stereocenters. The molecular formula is C19H18F2N2O4S. The Labute approximate surface area is 161 Å². The van der Waals surface area contributed by atoms with Crippen molar-refractivity contribution in [1.82, 2.24) is 10.1 Å². The number of fused-ring (bicyclic) bond motifs is 1. The van der Waals surface area contributed by atoms with E-state index in [0.29, 0.717) is 12.1 Å². The van der Waals surface area contributed by atoms with E-state index in [1.54, 1.807) is 18.2 Å². The van der Waals surface area contributed by atoms with Gasteiger partial charge in [0.1, 0.15) is 11.6 Å². The first-order valence-electron chi connectivity index (χ1n) is 8.87. The highest BCUT2D eigenvalue weighted by Gasteiger charge is 2.25. The van der Waals surface area contributed by atoms with E-state index in [0.717, 1.165) is 42.6 Å². The Morgan fingerprint density at radius 2 is 1.86 bits per heavy atom. The van der Waals surface area contributed by atoms with Crippen LogP contribution in [0, 0.1) is 5.82 Å². The van der Waals surface area contributed by atoms with Crippen LogP contribution in [0.5, 0.6) is 5.75 Å². The lowest BCUT2D eigenvalue weighted by molar-refractivity contribution is 0.202. The summed E-state index contributed by atoms with van der Waals surface area (Å²) in [5, 5.41) is 5.01. The smallest absolute Gasteiger partial charge is 0.358 e. The molecule has 9 heteroatoms. The Bertz CT molecular complexity index is 1080. The third kappa shape index (κ3) is 4.31. The van der Waals surface area contributed by atoms with Crippen LogP contribution in [0.15, 0.2) is 47.0 Å². The summed E-state index contributed by atoms with van der Waals surface area (Å²) in [6, 6.07) is 10.8. The zero-order valence-electron chi connectivity index (χ0n) is 14.8. The number of likely N-dealkylation sites (tertiary alicyclic amines) is 1. The van der Waals surface area contributed by atoms with Crippen LogP contribution in [-0.4, -0.2) is 31.6 Å². The van der Waals surface area contributed by atoms with E-state index in [4.69, 9.17) is 4.52 Å². The maximum atomic E-state index is 13.3. The molecule has 1 saturated heterocycles. The van der Waals surface area contributed by atoms with E-state index in [1.807, 2.05) is 0 Å². The van der Waals surface area contributed by atoms with Gasteiger partial charge in [-0.25, -0.2) is 4.39 Å². The van der Waals surface area contributed by atoms with Gasteiger partial charge in [-0.3, -0.25) is 4.90 Å². The summed E-state index contributed by atoms with van der Waals surface area (Å²) >= 11 is 0. The van der Waals surface area contributed by atoms with E-state index in [1.165, 1.54) is 24.3 Å². The van der Waals surface area contributed by atoms with Gasteiger partial charge in [-0.15, -0.1) is 0 Å². The molecule has 0 unspecified atom stereocenters. The van der Waals surface area contributed by atoms with Crippen LogP contribution in [0.3, 0.4) is 0 Å². The summed E-state index contributed by atoms with van der Waals surface area (Å²) in [5.41, 5.74) is 2.32. The van der Waals surface area contributed by atoms with Gasteiger partial charge < -0.3 is 8.71 Å². The molecule has 148 valence electrons. The zero-order chi connectivity index (χ0) is 19.7. The molecule has 2 aromatic carbocycles. The van der Waals surface area contributed by atoms with E-state index in [9.17, 15) is 16.7 Å². The van der Waals surface area contributed by atoms with Crippen LogP contribution in [-0.2, 0) is 17.0 Å². The third-order valence-electron chi connectivity index (χ3n) is 4.96. The summed E-state index contributed by atoms with van der Waals surface area (Å²) in [5.74, 6) is -0.140. The first-order valence-corrected chi connectivity index (χ1v) is 10.2. The van der Waals surface area contributed by atoms with Crippen molar-refractivity contribution in [2.24, 2.45) is 0 Å². The van der Waals surface area contributed by atoms with Crippen LogP contribution in [0.2, 0.25) is 0 Å². The van der Waals surface area contributed by atoms with E-state index >= 15 is 0 Å². The number of hydrogen-bond acceptors (Lipinski definition) is 6. The van der Waals surface area contributed by atoms with Gasteiger partial charge >= 0.3 is 10.5 Å². The maximum absolute atomic E-state index is 13.3. The molecule has 0 saturated carbocycles. The minimum absolute atomic E-state index is 0.0562. The SMILES string of the molecule is O=S(=O)(F)Oc1ccc(CN2CCC(c3noc4cc(F)ccc34)CC2)cc1. The van der Waals surface area contributed by atoms with Gasteiger partial charge in [0.25, 0.3) is 0 Å². The molecule has 2 heterocycles. The Hall–Kier alpha value is -2.52. The molecule has 0 N–H and O–H groups in total. The summed E-state index contributed by atoms with van der Waals surface area (Å²) in [7, 11) is -5.01. The normalized spacial score (nSPS) is 16.5. The van der Waals surface area contributed by atoms with Crippen LogP contribution in [0.4, 0.5) is 8.28 Å². The van der Waals surface area contributed by atoms with Crippen molar-refractivity contribution in [1.29, 1.82) is 0 Å². The fourth-order valence-electron chi connectivity index (χ4n) is 3.61. The van der Waals surface area contributed by atoms with Gasteiger partial charge in [-0.1, -0.05) is 21.2 Å². The Morgan fingerprint density at radius 1 is 1.14 bits per heavy atom. The predicted octanol–water partition coefficient (Wildman–Crippen LogP) is 3.94. The topological polar surface area (TPSA) is 72.6 Å². The Kier molecular flexibility index (Phi) is 5.03. The molecule has 0 radical (unpaired) electrons. The molecule has 0 bridgehead atoms. The second-order valence-corrected chi connectivity index (χ2v) is 7.83. The molecule has 1 aliphatic rings. The number of nitrogens with zero attached hydrogens (tertiary/aromatic N) is 2. The molecule has 6 nitrogen and oxygen atoms in total. The van der Waals surface area contributed by atoms with Crippen LogP contribution < -0.4 is 4.18 Å². The summed E-state index contributed by atoms with van der Waals surface area (Å²) < 4.78 is 56.3. The molecule has 3 aromatic rings. The van der Waals surface area contributed by atoms with Crippen molar-refractivity contribution in [3.05, 3.63) is 59.5 Å². The molecule has 28 heavy (non-hydrogen) atoms. The zero-order valence-corrected chi connectivity index (χ0v) is 15.7. The van der Waals surface area contributed by atoms with E-state index in [2.05, 4.69) is 14.2 Å². The lowest BCUT2D eigenvalue weighted by Gasteiger charge is -2.31. The number of aromatic nitrogens is 1. The van der Waals surface area contributed by atoms with Crippen molar-refractivity contribution in [3.8, 4) is 5.75 Å². The molecule has 1 fully saturated rings. The molecular weight excluding hydrogens is 390 g/mol. The molecule has 0 spiro atoms. The molecule has 1 aromatic heterocycles. The standard InChI is InChI=1S/C19H18F2N2O4S/c20-15-3-6-17-18(11-15)26-22-19(17)14-7-9-23(10-8-14)12-13-1-4-16(5-2-13)27-28(21,24)25/h1-6,11,14H,7-10,12H2. The third-order valence-corrected chi connectivity index (χ3v) is 5.35. The van der Waals surface area contributed by atoms with Crippen molar-refractivity contribution in [2.45, 2.75) is 25.3 Å². The fraction of sp³-hybridized carbons (Fsp3) is 0.316. The lowest BCUT2D eigenvalue weighted by atomic mass is 9.91. The first kappa shape index (κ1) is 18.8. The highest BCUT2D eigenvalue weighted by molar-refractivity contribution is 7.81. The number of hydrogen-bond donors (Lipinski definition) is 0. The lowest BCUT2D eigenvalue weighted by Crippen LogP contribution is -2.32. The number of benzene rings is 2. The summed E-state index contributed by atoms with van der Waals surface area (Å²) in [6.07, 6.45) is 1.81.